The first-order valence-corrected chi connectivity index (χ1v) is 7.10. The number of phenols is 1. The number of hydrogen-bond donors (Lipinski definition) is 2. The zero-order valence-corrected chi connectivity index (χ0v) is 13.1. The van der Waals surface area contributed by atoms with E-state index in [4.69, 9.17) is 4.74 Å². The molecule has 2 aromatic rings. The maximum atomic E-state index is 9.98. The summed E-state index contributed by atoms with van der Waals surface area (Å²) >= 11 is 0. The van der Waals surface area contributed by atoms with Gasteiger partial charge in [-0.2, -0.15) is 0 Å². The maximum absolute atomic E-state index is 9.98. The number of aromatic hydroxyl groups is 1. The van der Waals surface area contributed by atoms with E-state index in [9.17, 15) is 5.11 Å². The number of benzene rings is 2. The molecule has 21 heavy (non-hydrogen) atoms. The molecule has 0 aromatic heterocycles. The molecule has 112 valence electrons. The molecule has 3 heteroatoms. The molecule has 2 N–H and O–H groups in total. The minimum absolute atomic E-state index is 0.0598. The lowest BCUT2D eigenvalue weighted by Gasteiger charge is -2.20. The second-order valence-corrected chi connectivity index (χ2v) is 6.18. The summed E-state index contributed by atoms with van der Waals surface area (Å²) < 4.78 is 5.14. The number of phenolic OH excluding ortho intramolecular Hbond substituents is 1. The Balaban J connectivity index is 2.11. The van der Waals surface area contributed by atoms with Gasteiger partial charge >= 0.3 is 0 Å². The van der Waals surface area contributed by atoms with Crippen molar-refractivity contribution < 1.29 is 9.84 Å². The van der Waals surface area contributed by atoms with Crippen LogP contribution in [0.25, 0.3) is 0 Å². The molecule has 0 heterocycles. The molecule has 0 saturated carbocycles. The van der Waals surface area contributed by atoms with Crippen molar-refractivity contribution in [3.05, 3.63) is 53.6 Å². The Morgan fingerprint density at radius 3 is 2.29 bits per heavy atom. The molecule has 0 fully saturated rings. The topological polar surface area (TPSA) is 41.5 Å². The quantitative estimate of drug-likeness (QED) is 0.822. The van der Waals surface area contributed by atoms with Crippen LogP contribution in [0.2, 0.25) is 0 Å². The van der Waals surface area contributed by atoms with Gasteiger partial charge in [-0.3, -0.25) is 0 Å². The van der Waals surface area contributed by atoms with E-state index >= 15 is 0 Å². The molecule has 0 amide bonds. The summed E-state index contributed by atoms with van der Waals surface area (Å²) in [5.74, 6) is 1.12. The third kappa shape index (κ3) is 3.91. The third-order valence-electron chi connectivity index (χ3n) is 3.50. The van der Waals surface area contributed by atoms with Crippen LogP contribution in [0.4, 0.5) is 5.69 Å². The Morgan fingerprint density at radius 1 is 1.05 bits per heavy atom. The highest BCUT2D eigenvalue weighted by molar-refractivity contribution is 5.58. The van der Waals surface area contributed by atoms with E-state index in [1.54, 1.807) is 13.2 Å². The Kier molecular flexibility index (Phi) is 4.41. The molecule has 0 aliphatic carbocycles. The van der Waals surface area contributed by atoms with E-state index in [-0.39, 0.29) is 11.2 Å². The molecule has 0 bridgehead atoms. The zero-order valence-electron chi connectivity index (χ0n) is 13.1. The predicted octanol–water partition coefficient (Wildman–Crippen LogP) is 4.31. The molecular weight excluding hydrogens is 262 g/mol. The van der Waals surface area contributed by atoms with Gasteiger partial charge < -0.3 is 15.2 Å². The molecule has 0 spiro atoms. The van der Waals surface area contributed by atoms with Gasteiger partial charge in [0.05, 0.1) is 12.8 Å². The van der Waals surface area contributed by atoms with Gasteiger partial charge in [-0.1, -0.05) is 39.0 Å². The van der Waals surface area contributed by atoms with Gasteiger partial charge in [-0.05, 0) is 40.8 Å². The summed E-state index contributed by atoms with van der Waals surface area (Å²) in [7, 11) is 1.66. The van der Waals surface area contributed by atoms with E-state index < -0.39 is 0 Å². The summed E-state index contributed by atoms with van der Waals surface area (Å²) in [5.41, 5.74) is 3.15. The van der Waals surface area contributed by atoms with Gasteiger partial charge in [0.25, 0.3) is 0 Å². The van der Waals surface area contributed by atoms with Crippen molar-refractivity contribution in [2.24, 2.45) is 0 Å². The molecule has 0 radical (unpaired) electrons. The minimum atomic E-state index is 0.0598. The average Bonchev–Trinajstić information content (AvgIpc) is 2.45. The molecule has 2 aromatic carbocycles. The van der Waals surface area contributed by atoms with E-state index in [1.807, 2.05) is 36.4 Å². The lowest BCUT2D eigenvalue weighted by Crippen LogP contribution is -2.11. The second-order valence-electron chi connectivity index (χ2n) is 6.18. The van der Waals surface area contributed by atoms with E-state index in [2.05, 4.69) is 26.1 Å². The number of nitrogens with one attached hydrogen (secondary N) is 1. The largest absolute Gasteiger partial charge is 0.506 e. The Bertz CT molecular complexity index is 598. The maximum Gasteiger partial charge on any atom is 0.138 e. The van der Waals surface area contributed by atoms with Crippen LogP contribution < -0.4 is 10.1 Å². The fraction of sp³-hybridized carbons (Fsp3) is 0.333. The number of methoxy groups -OCH3 is 1. The van der Waals surface area contributed by atoms with Crippen LogP contribution in [0.1, 0.15) is 31.9 Å². The minimum Gasteiger partial charge on any atom is -0.506 e. The fourth-order valence-corrected chi connectivity index (χ4v) is 2.08. The van der Waals surface area contributed by atoms with Crippen LogP contribution >= 0.6 is 0 Å². The number of anilines is 1. The SMILES string of the molecule is COc1ccc(CNc2cc(C(C)(C)C)ccc2O)cc1. The summed E-state index contributed by atoms with van der Waals surface area (Å²) in [6.45, 7) is 7.14. The van der Waals surface area contributed by atoms with E-state index in [0.29, 0.717) is 6.54 Å². The van der Waals surface area contributed by atoms with Crippen LogP contribution in [-0.2, 0) is 12.0 Å². The zero-order chi connectivity index (χ0) is 15.5. The van der Waals surface area contributed by atoms with Gasteiger partial charge in [-0.25, -0.2) is 0 Å². The van der Waals surface area contributed by atoms with E-state index in [1.165, 1.54) is 5.56 Å². The Labute approximate surface area is 126 Å². The van der Waals surface area contributed by atoms with Gasteiger partial charge in [0, 0.05) is 6.54 Å². The first-order valence-electron chi connectivity index (χ1n) is 7.10. The standard InChI is InChI=1S/C18H23NO2/c1-18(2,3)14-7-10-17(20)16(11-14)19-12-13-5-8-15(21-4)9-6-13/h5-11,19-20H,12H2,1-4H3. The molecule has 0 unspecified atom stereocenters. The van der Waals surface area contributed by atoms with Gasteiger partial charge in [0.2, 0.25) is 0 Å². The summed E-state index contributed by atoms with van der Waals surface area (Å²) in [6, 6.07) is 13.6. The van der Waals surface area contributed by atoms with Crippen molar-refractivity contribution in [2.45, 2.75) is 32.7 Å². The van der Waals surface area contributed by atoms with Crippen molar-refractivity contribution >= 4 is 5.69 Å². The van der Waals surface area contributed by atoms with Crippen molar-refractivity contribution in [2.75, 3.05) is 12.4 Å². The number of ether oxygens (including phenoxy) is 1. The average molecular weight is 285 g/mol. The van der Waals surface area contributed by atoms with Crippen LogP contribution in [-0.4, -0.2) is 12.2 Å². The highest BCUT2D eigenvalue weighted by Crippen LogP contribution is 2.31. The highest BCUT2D eigenvalue weighted by atomic mass is 16.5. The van der Waals surface area contributed by atoms with Crippen LogP contribution in [0.3, 0.4) is 0 Å². The number of rotatable bonds is 4. The lowest BCUT2D eigenvalue weighted by atomic mass is 9.87. The van der Waals surface area contributed by atoms with E-state index in [0.717, 1.165) is 17.0 Å². The molecule has 0 aliphatic heterocycles. The predicted molar refractivity (Wildman–Crippen MR) is 87.1 cm³/mol. The van der Waals surface area contributed by atoms with Crippen molar-refractivity contribution in [1.82, 2.24) is 0 Å². The Hall–Kier alpha value is -2.16. The summed E-state index contributed by atoms with van der Waals surface area (Å²) in [6.07, 6.45) is 0. The molecule has 0 atom stereocenters. The normalized spacial score (nSPS) is 11.2. The monoisotopic (exact) mass is 285 g/mol. The first-order chi connectivity index (χ1) is 9.90. The van der Waals surface area contributed by atoms with Gasteiger partial charge in [0.1, 0.15) is 11.5 Å². The van der Waals surface area contributed by atoms with Crippen LogP contribution in [0, 0.1) is 0 Å². The smallest absolute Gasteiger partial charge is 0.138 e. The molecule has 0 saturated heterocycles. The number of hydrogen-bond acceptors (Lipinski definition) is 3. The second kappa shape index (κ2) is 6.08. The molecule has 2 rings (SSSR count). The molecule has 3 nitrogen and oxygen atoms in total. The van der Waals surface area contributed by atoms with Crippen LogP contribution in [0.5, 0.6) is 11.5 Å². The van der Waals surface area contributed by atoms with Crippen molar-refractivity contribution in [1.29, 1.82) is 0 Å². The molecular formula is C18H23NO2. The Morgan fingerprint density at radius 2 is 1.71 bits per heavy atom. The highest BCUT2D eigenvalue weighted by Gasteiger charge is 2.15. The summed E-state index contributed by atoms with van der Waals surface area (Å²) in [4.78, 5) is 0. The molecule has 0 aliphatic rings. The summed E-state index contributed by atoms with van der Waals surface area (Å²) in [5, 5.41) is 13.3. The third-order valence-corrected chi connectivity index (χ3v) is 3.50. The lowest BCUT2D eigenvalue weighted by molar-refractivity contribution is 0.414. The van der Waals surface area contributed by atoms with Gasteiger partial charge in [-0.15, -0.1) is 0 Å². The fourth-order valence-electron chi connectivity index (χ4n) is 2.08. The van der Waals surface area contributed by atoms with Crippen molar-refractivity contribution in [3.63, 3.8) is 0 Å². The first kappa shape index (κ1) is 15.2. The van der Waals surface area contributed by atoms with Crippen LogP contribution in [0.15, 0.2) is 42.5 Å². The van der Waals surface area contributed by atoms with Crippen molar-refractivity contribution in [3.8, 4) is 11.5 Å². The van der Waals surface area contributed by atoms with Gasteiger partial charge in [0.15, 0.2) is 0 Å².